The molecular weight excluding hydrogens is 302 g/mol. The molecule has 6 heteroatoms. The van der Waals surface area contributed by atoms with Gasteiger partial charge in [0.2, 0.25) is 0 Å². The molecule has 0 spiro atoms. The van der Waals surface area contributed by atoms with Gasteiger partial charge in [0.05, 0.1) is 11.9 Å². The van der Waals surface area contributed by atoms with Crippen LogP contribution in [0.1, 0.15) is 16.1 Å². The summed E-state index contributed by atoms with van der Waals surface area (Å²) < 4.78 is 2.01. The van der Waals surface area contributed by atoms with Crippen molar-refractivity contribution in [3.05, 3.63) is 78.5 Å². The van der Waals surface area contributed by atoms with Crippen LogP contribution >= 0.6 is 0 Å². The van der Waals surface area contributed by atoms with Crippen LogP contribution < -0.4 is 5.32 Å². The summed E-state index contributed by atoms with van der Waals surface area (Å²) in [6, 6.07) is 13.8. The first-order valence-electron chi connectivity index (χ1n) is 7.58. The number of para-hydroxylation sites is 1. The summed E-state index contributed by atoms with van der Waals surface area (Å²) in [5.41, 5.74) is 3.35. The third-order valence-corrected chi connectivity index (χ3v) is 3.89. The molecule has 0 radical (unpaired) electrons. The molecule has 0 fully saturated rings. The zero-order chi connectivity index (χ0) is 16.4. The normalized spacial score (nSPS) is 10.8. The van der Waals surface area contributed by atoms with Gasteiger partial charge in [-0.2, -0.15) is 5.10 Å². The third kappa shape index (κ3) is 2.65. The monoisotopic (exact) mass is 317 g/mol. The second kappa shape index (κ2) is 6.00. The summed E-state index contributed by atoms with van der Waals surface area (Å²) in [5.74, 6) is -0.165. The van der Waals surface area contributed by atoms with Gasteiger partial charge in [-0.1, -0.05) is 18.2 Å². The van der Waals surface area contributed by atoms with Gasteiger partial charge in [-0.05, 0) is 29.8 Å². The second-order valence-corrected chi connectivity index (χ2v) is 5.47. The standard InChI is InChI=1S/C18H15N5O/c24-18(22-15-10-20-21-11-15)17-9-14-3-1-2-4-16(14)23(17)12-13-5-7-19-8-6-13/h1-11H,12H2,(H,20,21)(H,22,24). The molecule has 0 atom stereocenters. The van der Waals surface area contributed by atoms with Crippen LogP contribution in [0.25, 0.3) is 10.9 Å². The molecule has 4 rings (SSSR count). The van der Waals surface area contributed by atoms with E-state index in [2.05, 4.69) is 20.5 Å². The van der Waals surface area contributed by atoms with Crippen LogP contribution in [-0.4, -0.2) is 25.7 Å². The number of benzene rings is 1. The summed E-state index contributed by atoms with van der Waals surface area (Å²) >= 11 is 0. The van der Waals surface area contributed by atoms with E-state index in [4.69, 9.17) is 0 Å². The lowest BCUT2D eigenvalue weighted by molar-refractivity contribution is 0.101. The number of aromatic amines is 1. The summed E-state index contributed by atoms with van der Waals surface area (Å²) in [7, 11) is 0. The van der Waals surface area contributed by atoms with E-state index in [1.807, 2.05) is 47.0 Å². The van der Waals surface area contributed by atoms with Crippen LogP contribution in [0, 0.1) is 0 Å². The van der Waals surface area contributed by atoms with Gasteiger partial charge in [-0.3, -0.25) is 14.9 Å². The Hall–Kier alpha value is -3.41. The molecule has 0 unspecified atom stereocenters. The van der Waals surface area contributed by atoms with Crippen LogP contribution in [0.5, 0.6) is 0 Å². The van der Waals surface area contributed by atoms with Crippen molar-refractivity contribution in [1.29, 1.82) is 0 Å². The van der Waals surface area contributed by atoms with Gasteiger partial charge in [-0.15, -0.1) is 0 Å². The van der Waals surface area contributed by atoms with Crippen molar-refractivity contribution >= 4 is 22.5 Å². The van der Waals surface area contributed by atoms with Crippen molar-refractivity contribution in [2.45, 2.75) is 6.54 Å². The highest BCUT2D eigenvalue weighted by Crippen LogP contribution is 2.22. The smallest absolute Gasteiger partial charge is 0.272 e. The van der Waals surface area contributed by atoms with E-state index in [0.29, 0.717) is 17.9 Å². The lowest BCUT2D eigenvalue weighted by Crippen LogP contribution is -2.17. The Balaban J connectivity index is 1.76. The third-order valence-electron chi connectivity index (χ3n) is 3.89. The Labute approximate surface area is 138 Å². The number of hydrogen-bond donors (Lipinski definition) is 2. The number of hydrogen-bond acceptors (Lipinski definition) is 3. The summed E-state index contributed by atoms with van der Waals surface area (Å²) in [5, 5.41) is 10.4. The minimum atomic E-state index is -0.165. The maximum atomic E-state index is 12.7. The minimum Gasteiger partial charge on any atom is -0.332 e. The Morgan fingerprint density at radius 2 is 2.00 bits per heavy atom. The Morgan fingerprint density at radius 1 is 1.17 bits per heavy atom. The largest absolute Gasteiger partial charge is 0.332 e. The van der Waals surface area contributed by atoms with E-state index in [1.165, 1.54) is 0 Å². The molecule has 0 aliphatic carbocycles. The van der Waals surface area contributed by atoms with Crippen LogP contribution in [0.2, 0.25) is 0 Å². The molecule has 3 aromatic heterocycles. The average molecular weight is 317 g/mol. The van der Waals surface area contributed by atoms with E-state index >= 15 is 0 Å². The van der Waals surface area contributed by atoms with E-state index in [1.54, 1.807) is 24.8 Å². The zero-order valence-electron chi connectivity index (χ0n) is 12.8. The van der Waals surface area contributed by atoms with Gasteiger partial charge < -0.3 is 9.88 Å². The first-order valence-corrected chi connectivity index (χ1v) is 7.58. The van der Waals surface area contributed by atoms with E-state index < -0.39 is 0 Å². The van der Waals surface area contributed by atoms with Crippen molar-refractivity contribution in [3.63, 3.8) is 0 Å². The number of pyridine rings is 1. The second-order valence-electron chi connectivity index (χ2n) is 5.47. The summed E-state index contributed by atoms with van der Waals surface area (Å²) in [6.07, 6.45) is 6.74. The molecule has 2 N–H and O–H groups in total. The van der Waals surface area contributed by atoms with E-state index in [-0.39, 0.29) is 5.91 Å². The Bertz CT molecular complexity index is 973. The molecule has 3 heterocycles. The van der Waals surface area contributed by atoms with Crippen LogP contribution in [0.15, 0.2) is 67.3 Å². The van der Waals surface area contributed by atoms with Crippen molar-refractivity contribution in [3.8, 4) is 0 Å². The van der Waals surface area contributed by atoms with Gasteiger partial charge in [-0.25, -0.2) is 0 Å². The molecule has 24 heavy (non-hydrogen) atoms. The van der Waals surface area contributed by atoms with Gasteiger partial charge in [0.25, 0.3) is 5.91 Å². The predicted molar refractivity (Wildman–Crippen MR) is 91.8 cm³/mol. The molecule has 0 aliphatic rings. The number of amides is 1. The average Bonchev–Trinajstić information content (AvgIpc) is 3.24. The molecule has 0 saturated heterocycles. The molecule has 6 nitrogen and oxygen atoms in total. The number of aromatic nitrogens is 4. The van der Waals surface area contributed by atoms with Crippen LogP contribution in [-0.2, 0) is 6.54 Å². The number of rotatable bonds is 4. The van der Waals surface area contributed by atoms with E-state index in [9.17, 15) is 4.79 Å². The molecule has 0 aliphatic heterocycles. The number of anilines is 1. The van der Waals surface area contributed by atoms with Crippen LogP contribution in [0.3, 0.4) is 0 Å². The SMILES string of the molecule is O=C(Nc1cn[nH]c1)c1cc2ccccc2n1Cc1ccncc1. The molecule has 4 aromatic rings. The van der Waals surface area contributed by atoms with Gasteiger partial charge in [0.15, 0.2) is 0 Å². The Morgan fingerprint density at radius 3 is 2.79 bits per heavy atom. The highest BCUT2D eigenvalue weighted by atomic mass is 16.2. The topological polar surface area (TPSA) is 75.6 Å². The maximum Gasteiger partial charge on any atom is 0.272 e. The van der Waals surface area contributed by atoms with Crippen LogP contribution in [0.4, 0.5) is 5.69 Å². The quantitative estimate of drug-likeness (QED) is 0.607. The number of nitrogens with one attached hydrogen (secondary N) is 2. The lowest BCUT2D eigenvalue weighted by Gasteiger charge is -2.10. The Kier molecular flexibility index (Phi) is 3.55. The fourth-order valence-corrected chi connectivity index (χ4v) is 2.75. The number of nitrogens with zero attached hydrogens (tertiary/aromatic N) is 3. The zero-order valence-corrected chi connectivity index (χ0v) is 12.8. The minimum absolute atomic E-state index is 0.165. The fourth-order valence-electron chi connectivity index (χ4n) is 2.75. The highest BCUT2D eigenvalue weighted by molar-refractivity contribution is 6.06. The molecule has 0 saturated carbocycles. The first-order chi connectivity index (χ1) is 11.8. The van der Waals surface area contributed by atoms with Crippen molar-refractivity contribution in [2.24, 2.45) is 0 Å². The number of fused-ring (bicyclic) bond motifs is 1. The van der Waals surface area contributed by atoms with Crippen molar-refractivity contribution in [1.82, 2.24) is 19.7 Å². The predicted octanol–water partition coefficient (Wildman–Crippen LogP) is 3.06. The van der Waals surface area contributed by atoms with Gasteiger partial charge in [0.1, 0.15) is 5.69 Å². The summed E-state index contributed by atoms with van der Waals surface area (Å²) in [6.45, 7) is 0.601. The lowest BCUT2D eigenvalue weighted by atomic mass is 10.2. The number of carbonyl (C=O) groups is 1. The molecule has 118 valence electrons. The molecular formula is C18H15N5O. The fraction of sp³-hybridized carbons (Fsp3) is 0.0556. The molecule has 1 aromatic carbocycles. The van der Waals surface area contributed by atoms with Crippen molar-refractivity contribution < 1.29 is 4.79 Å². The van der Waals surface area contributed by atoms with Crippen molar-refractivity contribution in [2.75, 3.05) is 5.32 Å². The van der Waals surface area contributed by atoms with E-state index in [0.717, 1.165) is 16.5 Å². The maximum absolute atomic E-state index is 12.7. The molecule has 0 bridgehead atoms. The number of H-pyrrole nitrogens is 1. The first kappa shape index (κ1) is 14.2. The summed E-state index contributed by atoms with van der Waals surface area (Å²) in [4.78, 5) is 16.8. The number of carbonyl (C=O) groups excluding carboxylic acids is 1. The highest BCUT2D eigenvalue weighted by Gasteiger charge is 2.16. The van der Waals surface area contributed by atoms with Gasteiger partial charge >= 0.3 is 0 Å². The van der Waals surface area contributed by atoms with Gasteiger partial charge in [0, 0.05) is 36.0 Å². The molecule has 1 amide bonds.